The third kappa shape index (κ3) is 2.70. The normalized spacial score (nSPS) is 13.0. The second-order valence-corrected chi connectivity index (χ2v) is 5.34. The van der Waals surface area contributed by atoms with E-state index in [1.807, 2.05) is 36.4 Å². The first-order valence-corrected chi connectivity index (χ1v) is 7.34. The maximum atomic E-state index is 12.7. The van der Waals surface area contributed by atoms with Gasteiger partial charge in [0, 0.05) is 13.1 Å². The molecule has 23 heavy (non-hydrogen) atoms. The zero-order chi connectivity index (χ0) is 16.4. The van der Waals surface area contributed by atoms with Crippen molar-refractivity contribution in [3.63, 3.8) is 0 Å². The number of amides is 1. The van der Waals surface area contributed by atoms with Gasteiger partial charge < -0.3 is 19.1 Å². The molecule has 5 nitrogen and oxygen atoms in total. The van der Waals surface area contributed by atoms with E-state index in [0.717, 1.165) is 16.9 Å². The van der Waals surface area contributed by atoms with Crippen molar-refractivity contribution in [2.45, 2.75) is 13.1 Å². The van der Waals surface area contributed by atoms with Gasteiger partial charge in [0.25, 0.3) is 5.91 Å². The average molecular weight is 313 g/mol. The van der Waals surface area contributed by atoms with Crippen molar-refractivity contribution in [3.8, 4) is 17.2 Å². The molecule has 1 amide bonds. The summed E-state index contributed by atoms with van der Waals surface area (Å²) in [5.41, 5.74) is 2.61. The van der Waals surface area contributed by atoms with E-state index >= 15 is 0 Å². The van der Waals surface area contributed by atoms with Crippen LogP contribution in [0, 0.1) is 0 Å². The fourth-order valence-corrected chi connectivity index (χ4v) is 2.85. The number of carbonyl (C=O) groups excluding carboxylic acids is 1. The van der Waals surface area contributed by atoms with Gasteiger partial charge in [0.05, 0.1) is 26.9 Å². The lowest BCUT2D eigenvalue weighted by Crippen LogP contribution is -2.23. The summed E-state index contributed by atoms with van der Waals surface area (Å²) in [7, 11) is 4.76. The minimum absolute atomic E-state index is 0.0356. The van der Waals surface area contributed by atoms with E-state index in [4.69, 9.17) is 14.2 Å². The SMILES string of the molecule is COc1ccc(CN2Cc3ccc(OC)c(OC)c3C2=O)cc1. The van der Waals surface area contributed by atoms with Crippen molar-refractivity contribution in [2.24, 2.45) is 0 Å². The Hall–Kier alpha value is -2.69. The highest BCUT2D eigenvalue weighted by Crippen LogP contribution is 2.38. The number of ether oxygens (including phenoxy) is 3. The molecule has 1 aliphatic rings. The van der Waals surface area contributed by atoms with Gasteiger partial charge in [-0.05, 0) is 29.3 Å². The first kappa shape index (κ1) is 15.2. The number of benzene rings is 2. The number of hydrogen-bond donors (Lipinski definition) is 0. The molecule has 0 N–H and O–H groups in total. The summed E-state index contributed by atoms with van der Waals surface area (Å²) in [5, 5.41) is 0. The molecule has 0 atom stereocenters. The molecule has 0 saturated heterocycles. The molecule has 0 aromatic heterocycles. The highest BCUT2D eigenvalue weighted by molar-refractivity contribution is 6.01. The molecule has 1 heterocycles. The number of nitrogens with zero attached hydrogens (tertiary/aromatic N) is 1. The molecule has 0 fully saturated rings. The van der Waals surface area contributed by atoms with E-state index in [1.165, 1.54) is 0 Å². The van der Waals surface area contributed by atoms with Crippen molar-refractivity contribution in [2.75, 3.05) is 21.3 Å². The summed E-state index contributed by atoms with van der Waals surface area (Å²) in [6.07, 6.45) is 0. The predicted octanol–water partition coefficient (Wildman–Crippen LogP) is 2.87. The van der Waals surface area contributed by atoms with E-state index in [2.05, 4.69) is 0 Å². The fraction of sp³-hybridized carbons (Fsp3) is 0.278. The third-order valence-corrected chi connectivity index (χ3v) is 4.03. The van der Waals surface area contributed by atoms with E-state index in [9.17, 15) is 4.79 Å². The maximum Gasteiger partial charge on any atom is 0.258 e. The van der Waals surface area contributed by atoms with Gasteiger partial charge in [-0.3, -0.25) is 4.79 Å². The Kier molecular flexibility index (Phi) is 4.10. The molecule has 0 bridgehead atoms. The lowest BCUT2D eigenvalue weighted by molar-refractivity contribution is 0.0764. The van der Waals surface area contributed by atoms with Gasteiger partial charge in [0.15, 0.2) is 11.5 Å². The number of methoxy groups -OCH3 is 3. The lowest BCUT2D eigenvalue weighted by Gasteiger charge is -2.16. The van der Waals surface area contributed by atoms with Crippen LogP contribution >= 0.6 is 0 Å². The minimum Gasteiger partial charge on any atom is -0.497 e. The van der Waals surface area contributed by atoms with Gasteiger partial charge in [-0.15, -0.1) is 0 Å². The molecule has 2 aromatic rings. The van der Waals surface area contributed by atoms with Crippen LogP contribution in [0.25, 0.3) is 0 Å². The summed E-state index contributed by atoms with van der Waals surface area (Å²) in [6, 6.07) is 11.5. The highest BCUT2D eigenvalue weighted by atomic mass is 16.5. The first-order chi connectivity index (χ1) is 11.2. The van der Waals surface area contributed by atoms with Gasteiger partial charge in [0.2, 0.25) is 0 Å². The zero-order valence-corrected chi connectivity index (χ0v) is 13.5. The Morgan fingerprint density at radius 3 is 2.30 bits per heavy atom. The molecular formula is C18H19NO4. The van der Waals surface area contributed by atoms with Crippen molar-refractivity contribution >= 4 is 5.91 Å². The van der Waals surface area contributed by atoms with Gasteiger partial charge >= 0.3 is 0 Å². The molecule has 0 unspecified atom stereocenters. The second-order valence-electron chi connectivity index (χ2n) is 5.34. The average Bonchev–Trinajstić information content (AvgIpc) is 2.90. The smallest absolute Gasteiger partial charge is 0.258 e. The van der Waals surface area contributed by atoms with Crippen LogP contribution in [0.3, 0.4) is 0 Å². The molecule has 5 heteroatoms. The van der Waals surface area contributed by atoms with Crippen LogP contribution in [-0.2, 0) is 13.1 Å². The van der Waals surface area contributed by atoms with E-state index < -0.39 is 0 Å². The van der Waals surface area contributed by atoms with Crippen LogP contribution in [0.2, 0.25) is 0 Å². The summed E-state index contributed by atoms with van der Waals surface area (Å²) >= 11 is 0. The van der Waals surface area contributed by atoms with Gasteiger partial charge in [-0.25, -0.2) is 0 Å². The quantitative estimate of drug-likeness (QED) is 0.851. The molecule has 0 aliphatic carbocycles. The van der Waals surface area contributed by atoms with Crippen molar-refractivity contribution in [3.05, 3.63) is 53.1 Å². The second kappa shape index (κ2) is 6.20. The third-order valence-electron chi connectivity index (χ3n) is 4.03. The van der Waals surface area contributed by atoms with E-state index in [0.29, 0.717) is 30.2 Å². The van der Waals surface area contributed by atoms with Crippen LogP contribution < -0.4 is 14.2 Å². The molecule has 1 aliphatic heterocycles. The fourth-order valence-electron chi connectivity index (χ4n) is 2.85. The molecule has 120 valence electrons. The zero-order valence-electron chi connectivity index (χ0n) is 13.5. The van der Waals surface area contributed by atoms with Crippen molar-refractivity contribution < 1.29 is 19.0 Å². The van der Waals surface area contributed by atoms with Crippen LogP contribution in [-0.4, -0.2) is 32.1 Å². The summed E-state index contributed by atoms with van der Waals surface area (Å²) in [4.78, 5) is 14.5. The topological polar surface area (TPSA) is 48.0 Å². The van der Waals surface area contributed by atoms with Gasteiger partial charge in [-0.2, -0.15) is 0 Å². The molecular weight excluding hydrogens is 294 g/mol. The largest absolute Gasteiger partial charge is 0.497 e. The van der Waals surface area contributed by atoms with Crippen molar-refractivity contribution in [1.82, 2.24) is 4.90 Å². The Morgan fingerprint density at radius 2 is 1.70 bits per heavy atom. The first-order valence-electron chi connectivity index (χ1n) is 7.34. The van der Waals surface area contributed by atoms with Gasteiger partial charge in [0.1, 0.15) is 5.75 Å². The Morgan fingerprint density at radius 1 is 0.957 bits per heavy atom. The molecule has 0 spiro atoms. The van der Waals surface area contributed by atoms with Crippen LogP contribution in [0.4, 0.5) is 0 Å². The number of carbonyl (C=O) groups is 1. The lowest BCUT2D eigenvalue weighted by atomic mass is 10.1. The summed E-state index contributed by atoms with van der Waals surface area (Å²) in [5.74, 6) is 1.85. The van der Waals surface area contributed by atoms with Crippen molar-refractivity contribution in [1.29, 1.82) is 0 Å². The monoisotopic (exact) mass is 313 g/mol. The van der Waals surface area contributed by atoms with Gasteiger partial charge in [-0.1, -0.05) is 18.2 Å². The minimum atomic E-state index is -0.0356. The van der Waals surface area contributed by atoms with Crippen LogP contribution in [0.5, 0.6) is 17.2 Å². The van der Waals surface area contributed by atoms with Crippen LogP contribution in [0.1, 0.15) is 21.5 Å². The van der Waals surface area contributed by atoms with E-state index in [1.54, 1.807) is 26.2 Å². The Bertz CT molecular complexity index is 725. The Balaban J connectivity index is 1.85. The van der Waals surface area contributed by atoms with E-state index in [-0.39, 0.29) is 5.91 Å². The van der Waals surface area contributed by atoms with Crippen LogP contribution in [0.15, 0.2) is 36.4 Å². The maximum absolute atomic E-state index is 12.7. The number of hydrogen-bond acceptors (Lipinski definition) is 4. The Labute approximate surface area is 135 Å². The molecule has 2 aromatic carbocycles. The highest BCUT2D eigenvalue weighted by Gasteiger charge is 2.32. The molecule has 3 rings (SSSR count). The standard InChI is InChI=1S/C18H19NO4/c1-21-14-7-4-12(5-8-14)10-19-11-13-6-9-15(22-2)17(23-3)16(13)18(19)20/h4-9H,10-11H2,1-3H3. The molecule has 0 radical (unpaired) electrons. The molecule has 0 saturated carbocycles. The predicted molar refractivity (Wildman–Crippen MR) is 86.1 cm³/mol. The number of rotatable bonds is 5. The summed E-state index contributed by atoms with van der Waals surface area (Å²) < 4.78 is 15.8. The summed E-state index contributed by atoms with van der Waals surface area (Å²) in [6.45, 7) is 1.11. The number of fused-ring (bicyclic) bond motifs is 1.